The molecule has 0 aromatic heterocycles. The lowest BCUT2D eigenvalue weighted by Crippen LogP contribution is -2.43. The molecule has 2 saturated carbocycles. The van der Waals surface area contributed by atoms with E-state index in [1.54, 1.807) is 0 Å². The molecule has 4 rings (SSSR count). The summed E-state index contributed by atoms with van der Waals surface area (Å²) in [5, 5.41) is 20.6. The maximum absolute atomic E-state index is 10.5. The highest BCUT2D eigenvalue weighted by molar-refractivity contribution is 5.45. The average molecular weight is 300 g/mol. The lowest BCUT2D eigenvalue weighted by Gasteiger charge is -2.50. The van der Waals surface area contributed by atoms with Crippen molar-refractivity contribution in [3.63, 3.8) is 0 Å². The number of aliphatic hydroxyl groups is 1. The molecule has 1 aromatic rings. The van der Waals surface area contributed by atoms with E-state index in [-0.39, 0.29) is 11.5 Å². The van der Waals surface area contributed by atoms with Gasteiger partial charge in [0.05, 0.1) is 6.10 Å². The molecule has 2 N–H and O–H groups in total. The van der Waals surface area contributed by atoms with Crippen molar-refractivity contribution in [1.82, 2.24) is 0 Å². The highest BCUT2D eigenvalue weighted by atomic mass is 16.3. The number of rotatable bonds is 1. The van der Waals surface area contributed by atoms with Crippen molar-refractivity contribution >= 4 is 0 Å². The summed E-state index contributed by atoms with van der Waals surface area (Å²) in [6.07, 6.45) is 7.69. The average Bonchev–Trinajstić information content (AvgIpc) is 2.82. The minimum atomic E-state index is -0.0918. The first kappa shape index (κ1) is 14.6. The van der Waals surface area contributed by atoms with Crippen LogP contribution in [-0.2, 0) is 12.8 Å². The first-order valence-corrected chi connectivity index (χ1v) is 9.07. The van der Waals surface area contributed by atoms with Crippen LogP contribution in [0.5, 0.6) is 5.75 Å². The van der Waals surface area contributed by atoms with Crippen LogP contribution in [0.4, 0.5) is 0 Å². The summed E-state index contributed by atoms with van der Waals surface area (Å²) >= 11 is 0. The van der Waals surface area contributed by atoms with Crippen molar-refractivity contribution in [2.75, 3.05) is 0 Å². The molecule has 5 atom stereocenters. The molecule has 2 heteroatoms. The fraction of sp³-hybridized carbons (Fsp3) is 0.700. The molecule has 0 radical (unpaired) electrons. The number of hydrogen-bond acceptors (Lipinski definition) is 2. The number of aliphatic hydroxyl groups excluding tert-OH is 1. The van der Waals surface area contributed by atoms with Gasteiger partial charge in [0, 0.05) is 0 Å². The number of benzene rings is 1. The Hall–Kier alpha value is -1.02. The summed E-state index contributed by atoms with van der Waals surface area (Å²) in [5.41, 5.74) is 4.13. The Labute approximate surface area is 133 Å². The second-order valence-corrected chi connectivity index (χ2v) is 8.09. The predicted molar refractivity (Wildman–Crippen MR) is 88.1 cm³/mol. The predicted octanol–water partition coefficient (Wildman–Crippen LogP) is 4.17. The number of aryl methyl sites for hydroxylation is 2. The zero-order valence-electron chi connectivity index (χ0n) is 13.8. The van der Waals surface area contributed by atoms with Crippen LogP contribution in [0.25, 0.3) is 0 Å². The zero-order valence-corrected chi connectivity index (χ0v) is 13.8. The third kappa shape index (κ3) is 1.89. The number of phenols is 1. The molecule has 3 aliphatic rings. The molecule has 0 bridgehead atoms. The molecule has 2 fully saturated rings. The third-order valence-electron chi connectivity index (χ3n) is 7.25. The van der Waals surface area contributed by atoms with E-state index in [0.29, 0.717) is 17.6 Å². The minimum absolute atomic E-state index is 0.0918. The largest absolute Gasteiger partial charge is 0.508 e. The van der Waals surface area contributed by atoms with Crippen molar-refractivity contribution in [2.45, 2.75) is 70.8 Å². The van der Waals surface area contributed by atoms with Gasteiger partial charge in [-0.15, -0.1) is 0 Å². The lowest BCUT2D eigenvalue weighted by atomic mass is 9.55. The van der Waals surface area contributed by atoms with Crippen molar-refractivity contribution in [3.8, 4) is 5.75 Å². The Morgan fingerprint density at radius 2 is 2.00 bits per heavy atom. The molecular formula is C20H28O2. The van der Waals surface area contributed by atoms with Crippen LogP contribution in [0.15, 0.2) is 12.1 Å². The molecule has 120 valence electrons. The molecule has 0 heterocycles. The monoisotopic (exact) mass is 300 g/mol. The zero-order chi connectivity index (χ0) is 15.5. The number of fused-ring (bicyclic) bond motifs is 5. The standard InChI is InChI=1S/C20H28O2/c1-3-12-10-16-13(11-18(12)21)4-5-15-14(16)8-9-20(2)17(15)6-7-19(20)22/h10-11,14-15,17,19,21-22H,3-9H2,1-2H3/t14-,15-,17+,19-,20+/m0/s1. The topological polar surface area (TPSA) is 40.5 Å². The Balaban J connectivity index is 1.72. The van der Waals surface area contributed by atoms with Crippen LogP contribution >= 0.6 is 0 Å². The van der Waals surface area contributed by atoms with Gasteiger partial charge in [0.1, 0.15) is 5.75 Å². The van der Waals surface area contributed by atoms with Crippen LogP contribution in [-0.4, -0.2) is 16.3 Å². The summed E-state index contributed by atoms with van der Waals surface area (Å²) in [6, 6.07) is 4.32. The van der Waals surface area contributed by atoms with Gasteiger partial charge in [-0.25, -0.2) is 0 Å². The van der Waals surface area contributed by atoms with Gasteiger partial charge in [0.15, 0.2) is 0 Å². The fourth-order valence-electron chi connectivity index (χ4n) is 5.91. The maximum Gasteiger partial charge on any atom is 0.119 e. The van der Waals surface area contributed by atoms with Gasteiger partial charge < -0.3 is 10.2 Å². The normalized spacial score (nSPS) is 40.0. The van der Waals surface area contributed by atoms with E-state index >= 15 is 0 Å². The molecule has 0 spiro atoms. The van der Waals surface area contributed by atoms with Crippen LogP contribution in [0, 0.1) is 17.3 Å². The van der Waals surface area contributed by atoms with Gasteiger partial charge in [-0.2, -0.15) is 0 Å². The van der Waals surface area contributed by atoms with Gasteiger partial charge in [-0.3, -0.25) is 0 Å². The molecule has 0 unspecified atom stereocenters. The Morgan fingerprint density at radius 1 is 1.18 bits per heavy atom. The molecule has 0 amide bonds. The van der Waals surface area contributed by atoms with Crippen molar-refractivity contribution in [3.05, 3.63) is 28.8 Å². The molecule has 3 aliphatic carbocycles. The first-order chi connectivity index (χ1) is 10.5. The smallest absolute Gasteiger partial charge is 0.119 e. The van der Waals surface area contributed by atoms with E-state index in [4.69, 9.17) is 0 Å². The second-order valence-electron chi connectivity index (χ2n) is 8.09. The van der Waals surface area contributed by atoms with Gasteiger partial charge in [0.25, 0.3) is 0 Å². The molecule has 0 saturated heterocycles. The number of phenolic OH excluding ortho intramolecular Hbond substituents is 1. The third-order valence-corrected chi connectivity index (χ3v) is 7.25. The van der Waals surface area contributed by atoms with Crippen LogP contribution in [0.2, 0.25) is 0 Å². The van der Waals surface area contributed by atoms with Gasteiger partial charge in [0.2, 0.25) is 0 Å². The van der Waals surface area contributed by atoms with Crippen molar-refractivity contribution in [2.24, 2.45) is 17.3 Å². The van der Waals surface area contributed by atoms with Gasteiger partial charge in [-0.1, -0.05) is 19.9 Å². The maximum atomic E-state index is 10.5. The summed E-state index contributed by atoms with van der Waals surface area (Å²) in [4.78, 5) is 0. The molecule has 0 aliphatic heterocycles. The molecule has 22 heavy (non-hydrogen) atoms. The van der Waals surface area contributed by atoms with E-state index in [9.17, 15) is 10.2 Å². The van der Waals surface area contributed by atoms with E-state index in [2.05, 4.69) is 19.9 Å². The van der Waals surface area contributed by atoms with E-state index < -0.39 is 0 Å². The van der Waals surface area contributed by atoms with E-state index in [1.807, 2.05) is 6.07 Å². The SMILES string of the molecule is CCc1cc2c(cc1O)CC[C@H]1[C@@H]2CC[C@]2(C)[C@@H]1CC[C@@H]2O. The van der Waals surface area contributed by atoms with Crippen LogP contribution in [0.3, 0.4) is 0 Å². The second kappa shape index (κ2) is 4.99. The fourth-order valence-corrected chi connectivity index (χ4v) is 5.91. The molecular weight excluding hydrogens is 272 g/mol. The number of aromatic hydroxyl groups is 1. The highest BCUT2D eigenvalue weighted by Crippen LogP contribution is 2.61. The van der Waals surface area contributed by atoms with Gasteiger partial charge in [-0.05, 0) is 90.9 Å². The quantitative estimate of drug-likeness (QED) is 0.817. The van der Waals surface area contributed by atoms with E-state index in [1.165, 1.54) is 30.4 Å². The van der Waals surface area contributed by atoms with Crippen LogP contribution in [0.1, 0.15) is 68.6 Å². The summed E-state index contributed by atoms with van der Waals surface area (Å²) in [5.74, 6) is 2.56. The highest BCUT2D eigenvalue weighted by Gasteiger charge is 2.54. The molecule has 1 aromatic carbocycles. The Kier molecular flexibility index (Phi) is 3.30. The summed E-state index contributed by atoms with van der Waals surface area (Å²) < 4.78 is 0. The lowest BCUT2D eigenvalue weighted by molar-refractivity contribution is -0.0226. The number of hydrogen-bond donors (Lipinski definition) is 2. The summed E-state index contributed by atoms with van der Waals surface area (Å²) in [7, 11) is 0. The Bertz CT molecular complexity index is 594. The molecule has 2 nitrogen and oxygen atoms in total. The van der Waals surface area contributed by atoms with Crippen molar-refractivity contribution in [1.29, 1.82) is 0 Å². The van der Waals surface area contributed by atoms with Crippen LogP contribution < -0.4 is 0 Å². The first-order valence-electron chi connectivity index (χ1n) is 9.07. The minimum Gasteiger partial charge on any atom is -0.508 e. The summed E-state index contributed by atoms with van der Waals surface area (Å²) in [6.45, 7) is 4.45. The van der Waals surface area contributed by atoms with E-state index in [0.717, 1.165) is 37.2 Å². The van der Waals surface area contributed by atoms with Crippen molar-refractivity contribution < 1.29 is 10.2 Å². The van der Waals surface area contributed by atoms with Gasteiger partial charge >= 0.3 is 0 Å². The Morgan fingerprint density at radius 3 is 2.77 bits per heavy atom.